The van der Waals surface area contributed by atoms with Crippen LogP contribution in [0.4, 0.5) is 8.78 Å². The Labute approximate surface area is 87.9 Å². The lowest BCUT2D eigenvalue weighted by Gasteiger charge is -2.10. The Hall–Kier alpha value is -0.910. The van der Waals surface area contributed by atoms with Crippen LogP contribution in [0.1, 0.15) is 17.7 Å². The predicted octanol–water partition coefficient (Wildman–Crippen LogP) is 2.63. The third-order valence-electron chi connectivity index (χ3n) is 1.66. The van der Waals surface area contributed by atoms with E-state index in [1.807, 2.05) is 0 Å². The van der Waals surface area contributed by atoms with Gasteiger partial charge in [-0.15, -0.1) is 0 Å². The SMILES string of the molecule is COc1c(CBr)cnc(C(F)F)c1O. The molecule has 0 saturated carbocycles. The molecular formula is C8H8BrF2NO2. The number of aromatic nitrogens is 1. The summed E-state index contributed by atoms with van der Waals surface area (Å²) >= 11 is 3.13. The minimum absolute atomic E-state index is 0.0344. The number of hydrogen-bond donors (Lipinski definition) is 1. The van der Waals surface area contributed by atoms with E-state index in [0.29, 0.717) is 10.9 Å². The fourth-order valence-electron chi connectivity index (χ4n) is 1.02. The third-order valence-corrected chi connectivity index (χ3v) is 2.27. The van der Waals surface area contributed by atoms with Crippen LogP contribution in [0.15, 0.2) is 6.20 Å². The molecule has 6 heteroatoms. The van der Waals surface area contributed by atoms with E-state index >= 15 is 0 Å². The molecule has 1 heterocycles. The standard InChI is InChI=1S/C8H8BrF2NO2/c1-14-7-4(2-9)3-12-5(6(7)13)8(10)11/h3,8,13H,2H2,1H3. The summed E-state index contributed by atoms with van der Waals surface area (Å²) in [6, 6.07) is 0. The first kappa shape index (κ1) is 11.2. The second kappa shape index (κ2) is 4.54. The first-order chi connectivity index (χ1) is 6.61. The van der Waals surface area contributed by atoms with Crippen LogP contribution >= 0.6 is 15.9 Å². The molecule has 0 aliphatic carbocycles. The van der Waals surface area contributed by atoms with Crippen LogP contribution in [0.25, 0.3) is 0 Å². The van der Waals surface area contributed by atoms with Crippen LogP contribution in [0.3, 0.4) is 0 Å². The Kier molecular flexibility index (Phi) is 3.62. The minimum Gasteiger partial charge on any atom is -0.503 e. The van der Waals surface area contributed by atoms with E-state index in [4.69, 9.17) is 4.74 Å². The molecule has 0 amide bonds. The van der Waals surface area contributed by atoms with E-state index in [1.54, 1.807) is 0 Å². The lowest BCUT2D eigenvalue weighted by molar-refractivity contribution is 0.141. The van der Waals surface area contributed by atoms with Gasteiger partial charge in [0.15, 0.2) is 17.2 Å². The molecule has 0 aromatic carbocycles. The molecule has 1 aromatic heterocycles. The predicted molar refractivity (Wildman–Crippen MR) is 50.0 cm³/mol. The van der Waals surface area contributed by atoms with Gasteiger partial charge in [0, 0.05) is 17.1 Å². The van der Waals surface area contributed by atoms with Crippen LogP contribution in [0.2, 0.25) is 0 Å². The lowest BCUT2D eigenvalue weighted by atomic mass is 10.2. The Morgan fingerprint density at radius 2 is 2.29 bits per heavy atom. The molecule has 0 atom stereocenters. The van der Waals surface area contributed by atoms with E-state index in [2.05, 4.69) is 20.9 Å². The molecule has 0 radical (unpaired) electrons. The summed E-state index contributed by atoms with van der Waals surface area (Å²) in [5, 5.41) is 9.76. The molecule has 0 bridgehead atoms. The Bertz CT molecular complexity index is 333. The van der Waals surface area contributed by atoms with Gasteiger partial charge in [0.2, 0.25) is 0 Å². The van der Waals surface area contributed by atoms with E-state index < -0.39 is 17.9 Å². The normalized spacial score (nSPS) is 10.6. The summed E-state index contributed by atoms with van der Waals surface area (Å²) in [7, 11) is 1.30. The van der Waals surface area contributed by atoms with Crippen molar-refractivity contribution >= 4 is 15.9 Å². The highest BCUT2D eigenvalue weighted by molar-refractivity contribution is 9.08. The number of ether oxygens (including phenoxy) is 1. The van der Waals surface area contributed by atoms with Gasteiger partial charge in [-0.2, -0.15) is 0 Å². The second-order valence-corrected chi connectivity index (χ2v) is 3.05. The Morgan fingerprint density at radius 1 is 1.64 bits per heavy atom. The Morgan fingerprint density at radius 3 is 2.71 bits per heavy atom. The second-order valence-electron chi connectivity index (χ2n) is 2.48. The number of pyridine rings is 1. The molecule has 1 N–H and O–H groups in total. The molecule has 0 saturated heterocycles. The zero-order chi connectivity index (χ0) is 10.7. The van der Waals surface area contributed by atoms with Gasteiger partial charge in [-0.25, -0.2) is 8.78 Å². The molecule has 0 unspecified atom stereocenters. The maximum Gasteiger partial charge on any atom is 0.284 e. The van der Waals surface area contributed by atoms with Crippen molar-refractivity contribution < 1.29 is 18.6 Å². The monoisotopic (exact) mass is 267 g/mol. The van der Waals surface area contributed by atoms with E-state index in [0.717, 1.165) is 0 Å². The van der Waals surface area contributed by atoms with Gasteiger partial charge in [0.05, 0.1) is 7.11 Å². The van der Waals surface area contributed by atoms with Crippen LogP contribution in [-0.4, -0.2) is 17.2 Å². The van der Waals surface area contributed by atoms with Crippen molar-refractivity contribution in [1.29, 1.82) is 0 Å². The van der Waals surface area contributed by atoms with Crippen molar-refractivity contribution in [2.24, 2.45) is 0 Å². The van der Waals surface area contributed by atoms with Crippen molar-refractivity contribution in [2.75, 3.05) is 7.11 Å². The number of nitrogens with zero attached hydrogens (tertiary/aromatic N) is 1. The van der Waals surface area contributed by atoms with Crippen molar-refractivity contribution in [2.45, 2.75) is 11.8 Å². The average Bonchev–Trinajstić information content (AvgIpc) is 2.16. The number of aromatic hydroxyl groups is 1. The molecule has 14 heavy (non-hydrogen) atoms. The largest absolute Gasteiger partial charge is 0.503 e. The molecule has 78 valence electrons. The van der Waals surface area contributed by atoms with Crippen molar-refractivity contribution in [3.63, 3.8) is 0 Å². The molecule has 0 aliphatic heterocycles. The van der Waals surface area contributed by atoms with E-state index in [1.165, 1.54) is 13.3 Å². The third kappa shape index (κ3) is 1.95. The molecule has 1 aromatic rings. The van der Waals surface area contributed by atoms with Gasteiger partial charge in [-0.3, -0.25) is 4.98 Å². The number of rotatable bonds is 3. The topological polar surface area (TPSA) is 42.4 Å². The molecule has 0 fully saturated rings. The fraction of sp³-hybridized carbons (Fsp3) is 0.375. The quantitative estimate of drug-likeness (QED) is 0.857. The average molecular weight is 268 g/mol. The fourth-order valence-corrected chi connectivity index (χ4v) is 1.42. The highest BCUT2D eigenvalue weighted by Crippen LogP contribution is 2.37. The van der Waals surface area contributed by atoms with Gasteiger partial charge in [-0.05, 0) is 0 Å². The van der Waals surface area contributed by atoms with Gasteiger partial charge < -0.3 is 9.84 Å². The van der Waals surface area contributed by atoms with Gasteiger partial charge >= 0.3 is 0 Å². The summed E-state index contributed by atoms with van der Waals surface area (Å²) in [5.41, 5.74) is -0.138. The highest BCUT2D eigenvalue weighted by Gasteiger charge is 2.20. The summed E-state index contributed by atoms with van der Waals surface area (Å²) in [6.45, 7) is 0. The maximum absolute atomic E-state index is 12.3. The lowest BCUT2D eigenvalue weighted by Crippen LogP contribution is -1.97. The minimum atomic E-state index is -2.81. The van der Waals surface area contributed by atoms with Crippen molar-refractivity contribution in [1.82, 2.24) is 4.98 Å². The first-order valence-electron chi connectivity index (χ1n) is 3.70. The molecule has 3 nitrogen and oxygen atoms in total. The number of hydrogen-bond acceptors (Lipinski definition) is 3. The summed E-state index contributed by atoms with van der Waals surface area (Å²) in [4.78, 5) is 3.45. The molecular weight excluding hydrogens is 260 g/mol. The van der Waals surface area contributed by atoms with Crippen molar-refractivity contribution in [3.05, 3.63) is 17.5 Å². The van der Waals surface area contributed by atoms with Crippen LogP contribution < -0.4 is 4.74 Å². The molecule has 0 spiro atoms. The number of alkyl halides is 3. The summed E-state index contributed by atoms with van der Waals surface area (Å²) < 4.78 is 29.4. The first-order valence-corrected chi connectivity index (χ1v) is 4.82. The van der Waals surface area contributed by atoms with Gasteiger partial charge in [-0.1, -0.05) is 15.9 Å². The number of methoxy groups -OCH3 is 1. The van der Waals surface area contributed by atoms with E-state index in [-0.39, 0.29) is 5.75 Å². The summed E-state index contributed by atoms with van der Waals surface area (Å²) in [6.07, 6.45) is -1.57. The zero-order valence-electron chi connectivity index (χ0n) is 7.30. The summed E-state index contributed by atoms with van der Waals surface area (Å²) in [5.74, 6) is -0.563. The zero-order valence-corrected chi connectivity index (χ0v) is 8.88. The molecule has 0 aliphatic rings. The van der Waals surface area contributed by atoms with Gasteiger partial charge in [0.1, 0.15) is 0 Å². The Balaban J connectivity index is 3.27. The molecule has 1 rings (SSSR count). The van der Waals surface area contributed by atoms with Gasteiger partial charge in [0.25, 0.3) is 6.43 Å². The van der Waals surface area contributed by atoms with Crippen LogP contribution in [-0.2, 0) is 5.33 Å². The van der Waals surface area contributed by atoms with Crippen molar-refractivity contribution in [3.8, 4) is 11.5 Å². The highest BCUT2D eigenvalue weighted by atomic mass is 79.9. The van der Waals surface area contributed by atoms with Crippen LogP contribution in [0.5, 0.6) is 11.5 Å². The maximum atomic E-state index is 12.3. The van der Waals surface area contributed by atoms with E-state index in [9.17, 15) is 13.9 Å². The number of halogens is 3. The van der Waals surface area contributed by atoms with Crippen LogP contribution in [0, 0.1) is 0 Å². The smallest absolute Gasteiger partial charge is 0.284 e.